The zero-order valence-corrected chi connectivity index (χ0v) is 18.4. The van der Waals surface area contributed by atoms with Crippen LogP contribution in [0, 0.1) is 5.92 Å². The van der Waals surface area contributed by atoms with Gasteiger partial charge in [0.2, 0.25) is 17.7 Å². The molecular formula is C18H34N4O6S. The number of carboxylic acids is 1. The van der Waals surface area contributed by atoms with Gasteiger partial charge in [0, 0.05) is 0 Å². The Balaban J connectivity index is 5.28. The van der Waals surface area contributed by atoms with Crippen molar-refractivity contribution in [2.75, 3.05) is 12.0 Å². The normalized spacial score (nSPS) is 17.2. The third-order valence-electron chi connectivity index (χ3n) is 4.55. The average Bonchev–Trinajstić information content (AvgIpc) is 2.66. The van der Waals surface area contributed by atoms with Gasteiger partial charge in [-0.3, -0.25) is 19.2 Å². The number of aliphatic carboxylic acids is 1. The van der Waals surface area contributed by atoms with Crippen LogP contribution in [0.25, 0.3) is 0 Å². The molecule has 0 aliphatic heterocycles. The van der Waals surface area contributed by atoms with Crippen LogP contribution in [0.15, 0.2) is 0 Å². The third kappa shape index (κ3) is 9.46. The molecule has 6 unspecified atom stereocenters. The predicted molar refractivity (Wildman–Crippen MR) is 111 cm³/mol. The first-order valence-electron chi connectivity index (χ1n) is 9.52. The molecular weight excluding hydrogens is 400 g/mol. The van der Waals surface area contributed by atoms with Crippen LogP contribution in [0.5, 0.6) is 0 Å². The van der Waals surface area contributed by atoms with Crippen LogP contribution in [-0.2, 0) is 19.2 Å². The van der Waals surface area contributed by atoms with Crippen molar-refractivity contribution in [3.63, 3.8) is 0 Å². The molecule has 6 atom stereocenters. The fourth-order valence-electron chi connectivity index (χ4n) is 2.35. The summed E-state index contributed by atoms with van der Waals surface area (Å²) < 4.78 is 0. The van der Waals surface area contributed by atoms with E-state index in [1.54, 1.807) is 18.7 Å². The number of thioether (sulfide) groups is 1. The van der Waals surface area contributed by atoms with Gasteiger partial charge < -0.3 is 31.9 Å². The fourth-order valence-corrected chi connectivity index (χ4v) is 2.84. The predicted octanol–water partition coefficient (Wildman–Crippen LogP) is -0.947. The molecule has 0 aromatic rings. The molecule has 0 heterocycles. The first-order valence-corrected chi connectivity index (χ1v) is 10.9. The summed E-state index contributed by atoms with van der Waals surface area (Å²) in [5, 5.41) is 26.1. The molecule has 0 saturated carbocycles. The molecule has 0 aliphatic rings. The van der Waals surface area contributed by atoms with Gasteiger partial charge >= 0.3 is 5.97 Å². The summed E-state index contributed by atoms with van der Waals surface area (Å²) in [7, 11) is 0. The number of nitrogens with one attached hydrogen (secondary N) is 3. The van der Waals surface area contributed by atoms with Crippen LogP contribution in [0.2, 0.25) is 0 Å². The number of amides is 3. The van der Waals surface area contributed by atoms with Gasteiger partial charge in [-0.05, 0) is 38.2 Å². The van der Waals surface area contributed by atoms with E-state index in [4.69, 9.17) is 10.8 Å². The van der Waals surface area contributed by atoms with Gasteiger partial charge in [0.15, 0.2) is 0 Å². The summed E-state index contributed by atoms with van der Waals surface area (Å²) in [6.07, 6.45) is 1.64. The number of hydrogen-bond donors (Lipinski definition) is 6. The Bertz CT molecular complexity index is 575. The van der Waals surface area contributed by atoms with E-state index in [1.807, 2.05) is 13.2 Å². The van der Waals surface area contributed by atoms with E-state index in [2.05, 4.69) is 16.0 Å². The van der Waals surface area contributed by atoms with Gasteiger partial charge in [0.1, 0.15) is 18.1 Å². The van der Waals surface area contributed by atoms with Crippen LogP contribution in [-0.4, -0.2) is 76.2 Å². The molecule has 0 aromatic heterocycles. The van der Waals surface area contributed by atoms with Crippen molar-refractivity contribution in [1.29, 1.82) is 0 Å². The molecule has 0 fully saturated rings. The highest BCUT2D eigenvalue weighted by Crippen LogP contribution is 2.10. The molecule has 0 spiro atoms. The molecule has 0 radical (unpaired) electrons. The van der Waals surface area contributed by atoms with Crippen molar-refractivity contribution in [2.45, 2.75) is 70.8 Å². The molecule has 0 bridgehead atoms. The molecule has 3 amide bonds. The minimum absolute atomic E-state index is 0.262. The molecule has 0 aliphatic carbocycles. The van der Waals surface area contributed by atoms with Crippen molar-refractivity contribution in [3.8, 4) is 0 Å². The second-order valence-electron chi connectivity index (χ2n) is 7.06. The van der Waals surface area contributed by atoms with E-state index in [-0.39, 0.29) is 5.92 Å². The molecule has 0 saturated heterocycles. The Morgan fingerprint density at radius 2 is 1.48 bits per heavy atom. The lowest BCUT2D eigenvalue weighted by Gasteiger charge is -2.28. The summed E-state index contributed by atoms with van der Waals surface area (Å²) in [6, 6.07) is -4.30. The lowest BCUT2D eigenvalue weighted by Crippen LogP contribution is -2.60. The molecule has 11 heteroatoms. The van der Waals surface area contributed by atoms with Crippen molar-refractivity contribution >= 4 is 35.5 Å². The lowest BCUT2D eigenvalue weighted by atomic mass is 9.97. The SMILES string of the molecule is CCC(C)C(NC(=O)C(N)CCSC)C(=O)NC(C(=O)NC(C)C(=O)O)C(C)O. The highest BCUT2D eigenvalue weighted by molar-refractivity contribution is 7.98. The summed E-state index contributed by atoms with van der Waals surface area (Å²) in [6.45, 7) is 6.17. The number of carbonyl (C=O) groups excluding carboxylic acids is 3. The standard InChI is InChI=1S/C18H34N4O6S/c1-6-9(2)13(21-15(24)12(19)7-8-29-5)16(25)22-14(11(4)23)17(26)20-10(3)18(27)28/h9-14,23H,6-8,19H2,1-5H3,(H,20,26)(H,21,24)(H,22,25)(H,27,28). The number of aliphatic hydroxyl groups is 1. The maximum absolute atomic E-state index is 12.8. The molecule has 7 N–H and O–H groups in total. The number of carboxylic acid groups (broad SMARTS) is 1. The van der Waals surface area contributed by atoms with Gasteiger partial charge in [0.25, 0.3) is 0 Å². The van der Waals surface area contributed by atoms with E-state index in [9.17, 15) is 24.3 Å². The topological polar surface area (TPSA) is 171 Å². The van der Waals surface area contributed by atoms with Crippen molar-refractivity contribution in [2.24, 2.45) is 11.7 Å². The molecule has 10 nitrogen and oxygen atoms in total. The number of nitrogens with two attached hydrogens (primary N) is 1. The summed E-state index contributed by atoms with van der Waals surface area (Å²) >= 11 is 1.55. The number of carbonyl (C=O) groups is 4. The lowest BCUT2D eigenvalue weighted by molar-refractivity contribution is -0.142. The minimum atomic E-state index is -1.38. The smallest absolute Gasteiger partial charge is 0.325 e. The monoisotopic (exact) mass is 434 g/mol. The zero-order chi connectivity index (χ0) is 22.7. The Hall–Kier alpha value is -1.85. The highest BCUT2D eigenvalue weighted by Gasteiger charge is 2.33. The van der Waals surface area contributed by atoms with Crippen LogP contribution in [0.1, 0.15) is 40.5 Å². The van der Waals surface area contributed by atoms with Crippen LogP contribution < -0.4 is 21.7 Å². The van der Waals surface area contributed by atoms with Crippen molar-refractivity contribution in [3.05, 3.63) is 0 Å². The zero-order valence-electron chi connectivity index (χ0n) is 17.6. The first-order chi connectivity index (χ1) is 13.5. The van der Waals surface area contributed by atoms with Crippen LogP contribution in [0.3, 0.4) is 0 Å². The van der Waals surface area contributed by atoms with Crippen molar-refractivity contribution in [1.82, 2.24) is 16.0 Å². The van der Waals surface area contributed by atoms with Gasteiger partial charge in [-0.15, -0.1) is 0 Å². The maximum atomic E-state index is 12.8. The number of rotatable bonds is 13. The second-order valence-corrected chi connectivity index (χ2v) is 8.04. The van der Waals surface area contributed by atoms with E-state index in [1.165, 1.54) is 13.8 Å². The Labute approximate surface area is 175 Å². The van der Waals surface area contributed by atoms with E-state index >= 15 is 0 Å². The van der Waals surface area contributed by atoms with Crippen LogP contribution in [0.4, 0.5) is 0 Å². The Kier molecular flexibility index (Phi) is 12.5. The number of aliphatic hydroxyl groups excluding tert-OH is 1. The summed E-state index contributed by atoms with van der Waals surface area (Å²) in [4.78, 5) is 48.3. The van der Waals surface area contributed by atoms with E-state index in [0.717, 1.165) is 0 Å². The van der Waals surface area contributed by atoms with Gasteiger partial charge in [0.05, 0.1) is 12.1 Å². The van der Waals surface area contributed by atoms with Gasteiger partial charge in [-0.25, -0.2) is 0 Å². The summed E-state index contributed by atoms with van der Waals surface area (Å²) in [5.74, 6) is -2.79. The van der Waals surface area contributed by atoms with E-state index < -0.39 is 54.0 Å². The van der Waals surface area contributed by atoms with Crippen molar-refractivity contribution < 1.29 is 29.4 Å². The first kappa shape index (κ1) is 27.1. The number of hydrogen-bond acceptors (Lipinski definition) is 7. The molecule has 0 rings (SSSR count). The van der Waals surface area contributed by atoms with Crippen LogP contribution >= 0.6 is 11.8 Å². The van der Waals surface area contributed by atoms with Gasteiger partial charge in [-0.2, -0.15) is 11.8 Å². The molecule has 29 heavy (non-hydrogen) atoms. The Morgan fingerprint density at radius 3 is 1.93 bits per heavy atom. The molecule has 168 valence electrons. The third-order valence-corrected chi connectivity index (χ3v) is 5.20. The fraction of sp³-hybridized carbons (Fsp3) is 0.778. The maximum Gasteiger partial charge on any atom is 0.325 e. The largest absolute Gasteiger partial charge is 0.480 e. The van der Waals surface area contributed by atoms with Gasteiger partial charge in [-0.1, -0.05) is 20.3 Å². The average molecular weight is 435 g/mol. The quantitative estimate of drug-likeness (QED) is 0.215. The second kappa shape index (κ2) is 13.4. The minimum Gasteiger partial charge on any atom is -0.480 e. The summed E-state index contributed by atoms with van der Waals surface area (Å²) in [5.41, 5.74) is 5.86. The highest BCUT2D eigenvalue weighted by atomic mass is 32.2. The Morgan fingerprint density at radius 1 is 0.966 bits per heavy atom. The van der Waals surface area contributed by atoms with E-state index in [0.29, 0.717) is 18.6 Å². The molecule has 0 aromatic carbocycles.